The summed E-state index contributed by atoms with van der Waals surface area (Å²) in [5, 5.41) is 0. The molecule has 0 heterocycles. The maximum atomic E-state index is 12.5. The minimum atomic E-state index is -5.08. The van der Waals surface area contributed by atoms with E-state index in [0.29, 0.717) is 6.07 Å². The number of benzene rings is 1. The predicted octanol–water partition coefficient (Wildman–Crippen LogP) is 2.19. The van der Waals surface area contributed by atoms with Gasteiger partial charge in [-0.15, -0.1) is 5.46 Å². The summed E-state index contributed by atoms with van der Waals surface area (Å²) in [6.45, 7) is -3.66. The summed E-state index contributed by atoms with van der Waals surface area (Å²) in [5.41, 5.74) is -0.600. The molecule has 1 aromatic carbocycles. The van der Waals surface area contributed by atoms with Crippen LogP contribution in [0.3, 0.4) is 0 Å². The van der Waals surface area contributed by atoms with E-state index in [4.69, 9.17) is 0 Å². The second-order valence-electron chi connectivity index (χ2n) is 2.64. The third-order valence-electron chi connectivity index (χ3n) is 1.44. The average Bonchev–Trinajstić information content (AvgIpc) is 1.82. The smallest absolute Gasteiger partial charge is 0.445 e. The van der Waals surface area contributed by atoms with Gasteiger partial charge >= 0.3 is 6.98 Å². The maximum absolute atomic E-state index is 12.5. The Morgan fingerprint density at radius 1 is 1.08 bits per heavy atom. The molecule has 0 unspecified atom stereocenters. The first-order valence-corrected chi connectivity index (χ1v) is 3.36. The van der Waals surface area contributed by atoms with E-state index in [1.54, 1.807) is 0 Å². The van der Waals surface area contributed by atoms with Crippen molar-refractivity contribution in [2.45, 2.75) is 6.92 Å². The van der Waals surface area contributed by atoms with Gasteiger partial charge in [0.15, 0.2) is 0 Å². The highest BCUT2D eigenvalue weighted by Gasteiger charge is 2.25. The zero-order valence-corrected chi connectivity index (χ0v) is 6.32. The van der Waals surface area contributed by atoms with Crippen molar-refractivity contribution >= 4 is 12.4 Å². The fourth-order valence-corrected chi connectivity index (χ4v) is 0.954. The zero-order valence-electron chi connectivity index (χ0n) is 6.32. The summed E-state index contributed by atoms with van der Waals surface area (Å²) >= 11 is 0. The van der Waals surface area contributed by atoms with Crippen LogP contribution in [0.15, 0.2) is 18.2 Å². The van der Waals surface area contributed by atoms with E-state index in [-0.39, 0.29) is 5.56 Å². The van der Waals surface area contributed by atoms with Crippen LogP contribution in [0.25, 0.3) is 0 Å². The standard InChI is InChI=1S/C7H6BF4/c1-5-2-6(8(10,11)12)4-7(9)3-5/h2-4H,1H3/q-1. The lowest BCUT2D eigenvalue weighted by Crippen LogP contribution is -2.34. The number of hydrogen-bond acceptors (Lipinski definition) is 0. The van der Waals surface area contributed by atoms with Gasteiger partial charge in [-0.05, 0) is 13.0 Å². The van der Waals surface area contributed by atoms with Gasteiger partial charge in [0.05, 0.1) is 0 Å². The van der Waals surface area contributed by atoms with Crippen molar-refractivity contribution in [2.75, 3.05) is 0 Å². The first kappa shape index (κ1) is 9.10. The topological polar surface area (TPSA) is 0 Å². The molecule has 0 radical (unpaired) electrons. The second kappa shape index (κ2) is 2.81. The fourth-order valence-electron chi connectivity index (χ4n) is 0.954. The lowest BCUT2D eigenvalue weighted by atomic mass is 9.79. The van der Waals surface area contributed by atoms with Crippen LogP contribution in [0.1, 0.15) is 5.56 Å². The molecule has 0 saturated carbocycles. The molecule has 0 spiro atoms. The molecule has 0 bridgehead atoms. The van der Waals surface area contributed by atoms with Crippen molar-refractivity contribution in [1.82, 2.24) is 0 Å². The van der Waals surface area contributed by atoms with Crippen molar-refractivity contribution in [1.29, 1.82) is 0 Å². The van der Waals surface area contributed by atoms with Crippen LogP contribution in [-0.4, -0.2) is 6.98 Å². The SMILES string of the molecule is Cc1cc(F)cc([B-](F)(F)F)c1. The van der Waals surface area contributed by atoms with Crippen LogP contribution in [-0.2, 0) is 0 Å². The quantitative estimate of drug-likeness (QED) is 0.455. The Bertz CT molecular complexity index is 272. The fraction of sp³-hybridized carbons (Fsp3) is 0.143. The molecule has 0 fully saturated rings. The van der Waals surface area contributed by atoms with Gasteiger partial charge in [-0.2, -0.15) is 0 Å². The monoisotopic (exact) mass is 177 g/mol. The first-order chi connectivity index (χ1) is 5.39. The predicted molar refractivity (Wildman–Crippen MR) is 39.8 cm³/mol. The van der Waals surface area contributed by atoms with Gasteiger partial charge in [-0.1, -0.05) is 17.7 Å². The van der Waals surface area contributed by atoms with Crippen LogP contribution >= 0.6 is 0 Å². The molecule has 1 aromatic rings. The largest absolute Gasteiger partial charge is 0.509 e. The second-order valence-corrected chi connectivity index (χ2v) is 2.64. The summed E-state index contributed by atoms with van der Waals surface area (Å²) in [6.07, 6.45) is 0. The van der Waals surface area contributed by atoms with Crippen LogP contribution in [0.2, 0.25) is 0 Å². The Morgan fingerprint density at radius 2 is 1.67 bits per heavy atom. The van der Waals surface area contributed by atoms with Crippen LogP contribution in [0.5, 0.6) is 0 Å². The molecule has 0 aliphatic heterocycles. The zero-order chi connectivity index (χ0) is 9.35. The van der Waals surface area contributed by atoms with E-state index in [1.807, 2.05) is 0 Å². The van der Waals surface area contributed by atoms with Crippen molar-refractivity contribution < 1.29 is 17.3 Å². The van der Waals surface area contributed by atoms with Gasteiger partial charge in [-0.3, -0.25) is 0 Å². The van der Waals surface area contributed by atoms with E-state index in [0.717, 1.165) is 12.1 Å². The first-order valence-electron chi connectivity index (χ1n) is 3.36. The van der Waals surface area contributed by atoms with Crippen molar-refractivity contribution in [3.63, 3.8) is 0 Å². The average molecular weight is 177 g/mol. The Labute approximate surface area is 67.3 Å². The third-order valence-corrected chi connectivity index (χ3v) is 1.44. The Kier molecular flexibility index (Phi) is 2.13. The van der Waals surface area contributed by atoms with Crippen LogP contribution < -0.4 is 5.46 Å². The Balaban J connectivity index is 3.18. The van der Waals surface area contributed by atoms with E-state index in [2.05, 4.69) is 0 Å². The normalized spacial score (nSPS) is 11.8. The van der Waals surface area contributed by atoms with Gasteiger partial charge < -0.3 is 12.9 Å². The number of aryl methyl sites for hydroxylation is 1. The molecule has 0 aromatic heterocycles. The lowest BCUT2D eigenvalue weighted by molar-refractivity contribution is 0.500. The molecule has 0 N–H and O–H groups in total. The van der Waals surface area contributed by atoms with Gasteiger partial charge in [0, 0.05) is 0 Å². The maximum Gasteiger partial charge on any atom is 0.509 e. The van der Waals surface area contributed by atoms with Crippen LogP contribution in [0.4, 0.5) is 17.3 Å². The van der Waals surface area contributed by atoms with E-state index >= 15 is 0 Å². The highest BCUT2D eigenvalue weighted by Crippen LogP contribution is 2.11. The molecule has 1 rings (SSSR count). The van der Waals surface area contributed by atoms with Crippen LogP contribution in [0, 0.1) is 12.7 Å². The van der Waals surface area contributed by atoms with E-state index in [9.17, 15) is 17.3 Å². The van der Waals surface area contributed by atoms with Crippen molar-refractivity contribution in [3.05, 3.63) is 29.6 Å². The molecule has 0 nitrogen and oxygen atoms in total. The number of halogens is 4. The Hall–Kier alpha value is -0.995. The molecular formula is C7H6BF4-. The summed E-state index contributed by atoms with van der Waals surface area (Å²) in [6, 6.07) is 2.50. The molecule has 5 heteroatoms. The number of rotatable bonds is 1. The summed E-state index contributed by atoms with van der Waals surface area (Å²) in [4.78, 5) is 0. The summed E-state index contributed by atoms with van der Waals surface area (Å²) in [5.74, 6) is -0.843. The molecule has 0 amide bonds. The van der Waals surface area contributed by atoms with E-state index < -0.39 is 18.3 Å². The minimum Gasteiger partial charge on any atom is -0.445 e. The molecule has 0 aliphatic carbocycles. The highest BCUT2D eigenvalue weighted by molar-refractivity contribution is 6.73. The van der Waals surface area contributed by atoms with Gasteiger partial charge in [-0.25, -0.2) is 4.39 Å². The molecular weight excluding hydrogens is 171 g/mol. The van der Waals surface area contributed by atoms with Crippen molar-refractivity contribution in [2.24, 2.45) is 0 Å². The lowest BCUT2D eigenvalue weighted by Gasteiger charge is -2.15. The van der Waals surface area contributed by atoms with Gasteiger partial charge in [0.1, 0.15) is 5.82 Å². The molecule has 0 saturated heterocycles. The third kappa shape index (κ3) is 2.00. The molecule has 12 heavy (non-hydrogen) atoms. The van der Waals surface area contributed by atoms with Crippen molar-refractivity contribution in [3.8, 4) is 0 Å². The highest BCUT2D eigenvalue weighted by atomic mass is 19.4. The van der Waals surface area contributed by atoms with Gasteiger partial charge in [0.25, 0.3) is 0 Å². The summed E-state index contributed by atoms with van der Waals surface area (Å²) in [7, 11) is 0. The Morgan fingerprint density at radius 3 is 2.08 bits per heavy atom. The number of hydrogen-bond donors (Lipinski definition) is 0. The minimum absolute atomic E-state index is 0.282. The van der Waals surface area contributed by atoms with Gasteiger partial charge in [0.2, 0.25) is 0 Å². The van der Waals surface area contributed by atoms with E-state index in [1.165, 1.54) is 6.92 Å². The summed E-state index contributed by atoms with van der Waals surface area (Å²) < 4.78 is 48.6. The molecule has 66 valence electrons. The molecule has 0 atom stereocenters. The molecule has 0 aliphatic rings.